The van der Waals surface area contributed by atoms with Crippen molar-refractivity contribution in [2.24, 2.45) is 5.41 Å². The maximum atomic E-state index is 5.72. The molecular formula is C16H28N2OS. The van der Waals surface area contributed by atoms with Crippen molar-refractivity contribution < 1.29 is 4.74 Å². The van der Waals surface area contributed by atoms with Gasteiger partial charge in [0.2, 0.25) is 0 Å². The Kier molecular flexibility index (Phi) is 5.21. The summed E-state index contributed by atoms with van der Waals surface area (Å²) in [7, 11) is 1.79. The van der Waals surface area contributed by atoms with Gasteiger partial charge >= 0.3 is 0 Å². The van der Waals surface area contributed by atoms with Crippen molar-refractivity contribution in [3.8, 4) is 0 Å². The van der Waals surface area contributed by atoms with Gasteiger partial charge in [-0.25, -0.2) is 4.98 Å². The fraction of sp³-hybridized carbons (Fsp3) is 0.812. The minimum atomic E-state index is 0.0849. The zero-order valence-electron chi connectivity index (χ0n) is 13.5. The van der Waals surface area contributed by atoms with Crippen LogP contribution in [0.2, 0.25) is 0 Å². The first kappa shape index (κ1) is 15.9. The molecule has 0 aromatic carbocycles. The third-order valence-corrected chi connectivity index (χ3v) is 5.11. The van der Waals surface area contributed by atoms with Crippen molar-refractivity contribution in [3.05, 3.63) is 15.6 Å². The minimum absolute atomic E-state index is 0.0849. The molecule has 0 aliphatic heterocycles. The monoisotopic (exact) mass is 296 g/mol. The van der Waals surface area contributed by atoms with Crippen LogP contribution in [0.5, 0.6) is 0 Å². The summed E-state index contributed by atoms with van der Waals surface area (Å²) in [5, 5.41) is 4.81. The lowest BCUT2D eigenvalue weighted by molar-refractivity contribution is 0.0149. The van der Waals surface area contributed by atoms with E-state index in [0.29, 0.717) is 6.04 Å². The van der Waals surface area contributed by atoms with E-state index in [-0.39, 0.29) is 11.5 Å². The van der Waals surface area contributed by atoms with E-state index in [0.717, 1.165) is 18.0 Å². The lowest BCUT2D eigenvalue weighted by Crippen LogP contribution is -2.24. The first-order valence-corrected chi connectivity index (χ1v) is 8.54. The third kappa shape index (κ3) is 3.41. The molecule has 4 heteroatoms. The van der Waals surface area contributed by atoms with Crippen LogP contribution in [0.1, 0.15) is 74.7 Å². The minimum Gasteiger partial charge on any atom is -0.374 e. The van der Waals surface area contributed by atoms with E-state index in [1.165, 1.54) is 29.8 Å². The molecule has 1 heterocycles. The molecule has 1 aromatic rings. The Bertz CT molecular complexity index is 436. The summed E-state index contributed by atoms with van der Waals surface area (Å²) in [6, 6.07) is 0.502. The summed E-state index contributed by atoms with van der Waals surface area (Å²) in [6.45, 7) is 9.96. The van der Waals surface area contributed by atoms with Gasteiger partial charge in [0.15, 0.2) is 0 Å². The van der Waals surface area contributed by atoms with Crippen LogP contribution >= 0.6 is 11.3 Å². The lowest BCUT2D eigenvalue weighted by atomic mass is 9.89. The van der Waals surface area contributed by atoms with Gasteiger partial charge < -0.3 is 10.1 Å². The Morgan fingerprint density at radius 1 is 1.45 bits per heavy atom. The zero-order valence-corrected chi connectivity index (χ0v) is 14.3. The predicted octanol–water partition coefficient (Wildman–Crippen LogP) is 4.25. The number of nitrogens with one attached hydrogen (secondary N) is 1. The first-order valence-electron chi connectivity index (χ1n) is 7.73. The highest BCUT2D eigenvalue weighted by atomic mass is 32.1. The van der Waals surface area contributed by atoms with Crippen molar-refractivity contribution in [1.82, 2.24) is 10.3 Å². The fourth-order valence-corrected chi connectivity index (χ4v) is 4.44. The molecule has 1 aliphatic rings. The van der Waals surface area contributed by atoms with Crippen LogP contribution in [0.25, 0.3) is 0 Å². The van der Waals surface area contributed by atoms with Crippen molar-refractivity contribution in [3.63, 3.8) is 0 Å². The maximum Gasteiger partial charge on any atom is 0.123 e. The van der Waals surface area contributed by atoms with E-state index in [9.17, 15) is 0 Å². The van der Waals surface area contributed by atoms with Crippen LogP contribution < -0.4 is 5.32 Å². The van der Waals surface area contributed by atoms with Crippen LogP contribution in [-0.4, -0.2) is 18.6 Å². The van der Waals surface area contributed by atoms with Gasteiger partial charge in [-0.05, 0) is 37.6 Å². The van der Waals surface area contributed by atoms with Crippen molar-refractivity contribution >= 4 is 11.3 Å². The molecule has 20 heavy (non-hydrogen) atoms. The SMILES string of the molecule is CCCNC1CCCc2nc(C(OC)C(C)(C)C)sc21. The molecular weight excluding hydrogens is 268 g/mol. The molecule has 114 valence electrons. The maximum absolute atomic E-state index is 5.72. The van der Waals surface area contributed by atoms with Crippen molar-refractivity contribution in [2.45, 2.75) is 65.5 Å². The quantitative estimate of drug-likeness (QED) is 0.882. The van der Waals surface area contributed by atoms with Gasteiger partial charge in [-0.15, -0.1) is 11.3 Å². The van der Waals surface area contributed by atoms with Gasteiger partial charge in [-0.2, -0.15) is 0 Å². The Labute approximate surface area is 127 Å². The van der Waals surface area contributed by atoms with Gasteiger partial charge in [-0.3, -0.25) is 0 Å². The van der Waals surface area contributed by atoms with Gasteiger partial charge in [0.1, 0.15) is 11.1 Å². The predicted molar refractivity (Wildman–Crippen MR) is 85.3 cm³/mol. The highest BCUT2D eigenvalue weighted by Gasteiger charge is 2.32. The van der Waals surface area contributed by atoms with Crippen LogP contribution in [0.3, 0.4) is 0 Å². The van der Waals surface area contributed by atoms with E-state index < -0.39 is 0 Å². The second kappa shape index (κ2) is 6.54. The summed E-state index contributed by atoms with van der Waals surface area (Å²) in [5.41, 5.74) is 1.39. The third-order valence-electron chi connectivity index (χ3n) is 3.85. The topological polar surface area (TPSA) is 34.2 Å². The summed E-state index contributed by atoms with van der Waals surface area (Å²) < 4.78 is 5.72. The highest BCUT2D eigenvalue weighted by Crippen LogP contribution is 2.42. The standard InChI is InChI=1S/C16H28N2OS/c1-6-10-17-11-8-7-9-12-13(11)20-15(18-12)14(19-5)16(2,3)4/h11,14,17H,6-10H2,1-5H3. The van der Waals surface area contributed by atoms with E-state index in [1.54, 1.807) is 7.11 Å². The van der Waals surface area contributed by atoms with Gasteiger partial charge in [0, 0.05) is 18.0 Å². The molecule has 2 rings (SSSR count). The molecule has 0 fully saturated rings. The average molecular weight is 296 g/mol. The number of thiazole rings is 1. The van der Waals surface area contributed by atoms with Crippen molar-refractivity contribution in [1.29, 1.82) is 0 Å². The first-order chi connectivity index (χ1) is 9.47. The van der Waals surface area contributed by atoms with E-state index in [2.05, 4.69) is 33.0 Å². The number of rotatable bonds is 5. The second-order valence-corrected chi connectivity index (χ2v) is 7.81. The van der Waals surface area contributed by atoms with Crippen LogP contribution in [0.4, 0.5) is 0 Å². The molecule has 2 unspecified atom stereocenters. The summed E-state index contributed by atoms with van der Waals surface area (Å²) in [4.78, 5) is 6.35. The molecule has 0 saturated carbocycles. The molecule has 0 saturated heterocycles. The molecule has 3 nitrogen and oxygen atoms in total. The molecule has 1 N–H and O–H groups in total. The van der Waals surface area contributed by atoms with Gasteiger partial charge in [-0.1, -0.05) is 27.7 Å². The number of aromatic nitrogens is 1. The fourth-order valence-electron chi connectivity index (χ4n) is 2.89. The zero-order chi connectivity index (χ0) is 14.8. The van der Waals surface area contributed by atoms with Crippen LogP contribution in [-0.2, 0) is 11.2 Å². The molecule has 0 radical (unpaired) electrons. The number of methoxy groups -OCH3 is 1. The number of aryl methyl sites for hydroxylation is 1. The largest absolute Gasteiger partial charge is 0.374 e. The lowest BCUT2D eigenvalue weighted by Gasteiger charge is -2.27. The number of hydrogen-bond acceptors (Lipinski definition) is 4. The molecule has 0 bridgehead atoms. The van der Waals surface area contributed by atoms with E-state index >= 15 is 0 Å². The molecule has 1 aliphatic carbocycles. The summed E-state index contributed by atoms with van der Waals surface area (Å²) in [6.07, 6.45) is 4.87. The molecule has 0 amide bonds. The number of nitrogens with zero attached hydrogens (tertiary/aromatic N) is 1. The second-order valence-electron chi connectivity index (χ2n) is 6.74. The summed E-state index contributed by atoms with van der Waals surface area (Å²) >= 11 is 1.85. The molecule has 0 spiro atoms. The van der Waals surface area contributed by atoms with Gasteiger partial charge in [0.25, 0.3) is 0 Å². The van der Waals surface area contributed by atoms with E-state index in [4.69, 9.17) is 9.72 Å². The highest BCUT2D eigenvalue weighted by molar-refractivity contribution is 7.12. The van der Waals surface area contributed by atoms with Gasteiger partial charge in [0.05, 0.1) is 5.69 Å². The Balaban J connectivity index is 2.24. The Morgan fingerprint density at radius 2 is 2.20 bits per heavy atom. The number of fused-ring (bicyclic) bond motifs is 1. The molecule has 2 atom stereocenters. The Hall–Kier alpha value is -0.450. The number of ether oxygens (including phenoxy) is 1. The Morgan fingerprint density at radius 3 is 2.80 bits per heavy atom. The van der Waals surface area contributed by atoms with Crippen LogP contribution in [0, 0.1) is 5.41 Å². The van der Waals surface area contributed by atoms with Crippen molar-refractivity contribution in [2.75, 3.05) is 13.7 Å². The summed E-state index contributed by atoms with van der Waals surface area (Å²) in [5.74, 6) is 0. The number of hydrogen-bond donors (Lipinski definition) is 1. The van der Waals surface area contributed by atoms with E-state index in [1.807, 2.05) is 11.3 Å². The molecule has 1 aromatic heterocycles. The smallest absolute Gasteiger partial charge is 0.123 e. The normalized spacial score (nSPS) is 20.8. The average Bonchev–Trinajstić information content (AvgIpc) is 2.79. The van der Waals surface area contributed by atoms with Crippen LogP contribution in [0.15, 0.2) is 0 Å².